The number of benzene rings is 2. The van der Waals surface area contributed by atoms with Crippen LogP contribution in [0.1, 0.15) is 18.2 Å². The Morgan fingerprint density at radius 2 is 1.63 bits per heavy atom. The zero-order chi connectivity index (χ0) is 21.3. The van der Waals surface area contributed by atoms with E-state index in [1.165, 1.54) is 0 Å². The fraction of sp³-hybridized carbons (Fsp3) is 0.182. The molecule has 0 aliphatic rings. The maximum Gasteiger partial charge on any atom is 0.261 e. The second kappa shape index (κ2) is 7.79. The van der Waals surface area contributed by atoms with E-state index in [9.17, 15) is 8.42 Å². The summed E-state index contributed by atoms with van der Waals surface area (Å²) in [6.45, 7) is 6.74. The first-order valence-electron chi connectivity index (χ1n) is 9.66. The highest BCUT2D eigenvalue weighted by Crippen LogP contribution is 2.23. The van der Waals surface area contributed by atoms with Crippen LogP contribution < -0.4 is 4.72 Å². The second-order valence-electron chi connectivity index (χ2n) is 7.09. The maximum absolute atomic E-state index is 12.6. The van der Waals surface area contributed by atoms with Crippen molar-refractivity contribution in [1.29, 1.82) is 0 Å². The molecule has 7 nitrogen and oxygen atoms in total. The van der Waals surface area contributed by atoms with Crippen molar-refractivity contribution in [3.63, 3.8) is 0 Å². The van der Waals surface area contributed by atoms with Gasteiger partial charge in [0, 0.05) is 30.2 Å². The minimum absolute atomic E-state index is 0.233. The zero-order valence-electron chi connectivity index (χ0n) is 17.1. The Balaban J connectivity index is 1.53. The van der Waals surface area contributed by atoms with Crippen LogP contribution in [0.25, 0.3) is 16.9 Å². The van der Waals surface area contributed by atoms with Crippen molar-refractivity contribution in [1.82, 2.24) is 19.6 Å². The highest BCUT2D eigenvalue weighted by atomic mass is 32.2. The van der Waals surface area contributed by atoms with E-state index >= 15 is 0 Å². The Bertz CT molecular complexity index is 1270. The van der Waals surface area contributed by atoms with Gasteiger partial charge >= 0.3 is 0 Å². The van der Waals surface area contributed by atoms with Crippen LogP contribution in [-0.2, 0) is 16.6 Å². The van der Waals surface area contributed by atoms with E-state index in [0.717, 1.165) is 34.7 Å². The van der Waals surface area contributed by atoms with Gasteiger partial charge in [0.15, 0.2) is 0 Å². The standard InChI is InChI=1S/C22H23N5O2S/c1-4-26-15-21(17(3)23-26)22-13-14-27(24-22)19-9-7-18(8-10-19)25-30(28,29)20-11-5-16(2)6-12-20/h5-15,25H,4H2,1-3H3. The maximum atomic E-state index is 12.6. The number of aromatic nitrogens is 4. The van der Waals surface area contributed by atoms with Crippen molar-refractivity contribution in [2.75, 3.05) is 4.72 Å². The molecule has 8 heteroatoms. The highest BCUT2D eigenvalue weighted by molar-refractivity contribution is 7.92. The topological polar surface area (TPSA) is 81.8 Å². The van der Waals surface area contributed by atoms with E-state index in [0.29, 0.717) is 5.69 Å². The molecule has 0 fully saturated rings. The van der Waals surface area contributed by atoms with Gasteiger partial charge in [-0.1, -0.05) is 17.7 Å². The number of rotatable bonds is 6. The van der Waals surface area contributed by atoms with Crippen LogP contribution in [0.2, 0.25) is 0 Å². The molecule has 0 atom stereocenters. The summed E-state index contributed by atoms with van der Waals surface area (Å²) in [5, 5.41) is 9.11. The minimum Gasteiger partial charge on any atom is -0.280 e. The minimum atomic E-state index is -3.63. The average molecular weight is 422 g/mol. The molecule has 0 unspecified atom stereocenters. The third kappa shape index (κ3) is 3.99. The summed E-state index contributed by atoms with van der Waals surface area (Å²) in [7, 11) is -3.63. The lowest BCUT2D eigenvalue weighted by atomic mass is 10.2. The molecule has 1 N–H and O–H groups in total. The summed E-state index contributed by atoms with van der Waals surface area (Å²) in [4.78, 5) is 0.233. The van der Waals surface area contributed by atoms with Crippen molar-refractivity contribution < 1.29 is 8.42 Å². The van der Waals surface area contributed by atoms with Gasteiger partial charge in [-0.05, 0) is 63.2 Å². The molecular formula is C22H23N5O2S. The van der Waals surface area contributed by atoms with Gasteiger partial charge in [-0.3, -0.25) is 9.40 Å². The van der Waals surface area contributed by atoms with Crippen LogP contribution >= 0.6 is 0 Å². The molecule has 154 valence electrons. The molecule has 0 amide bonds. The smallest absolute Gasteiger partial charge is 0.261 e. The number of hydrogen-bond donors (Lipinski definition) is 1. The Hall–Kier alpha value is -3.39. The number of anilines is 1. The average Bonchev–Trinajstić information content (AvgIpc) is 3.35. The summed E-state index contributed by atoms with van der Waals surface area (Å²) in [5.41, 5.74) is 5.11. The predicted octanol–water partition coefficient (Wildman–Crippen LogP) is 4.17. The molecule has 2 aromatic carbocycles. The quantitative estimate of drug-likeness (QED) is 0.506. The third-order valence-electron chi connectivity index (χ3n) is 4.85. The third-order valence-corrected chi connectivity index (χ3v) is 6.25. The molecule has 2 heterocycles. The number of aryl methyl sites for hydroxylation is 3. The second-order valence-corrected chi connectivity index (χ2v) is 8.78. The molecule has 0 spiro atoms. The van der Waals surface area contributed by atoms with Crippen molar-refractivity contribution in [3.8, 4) is 16.9 Å². The van der Waals surface area contributed by atoms with E-state index in [1.54, 1.807) is 41.1 Å². The van der Waals surface area contributed by atoms with Crippen LogP contribution in [0, 0.1) is 13.8 Å². The first-order chi connectivity index (χ1) is 14.4. The van der Waals surface area contributed by atoms with E-state index in [4.69, 9.17) is 0 Å². The van der Waals surface area contributed by atoms with Crippen LogP contribution in [-0.4, -0.2) is 28.0 Å². The highest BCUT2D eigenvalue weighted by Gasteiger charge is 2.14. The Labute approximate surface area is 176 Å². The summed E-state index contributed by atoms with van der Waals surface area (Å²) in [6.07, 6.45) is 3.87. The Kier molecular flexibility index (Phi) is 5.17. The lowest BCUT2D eigenvalue weighted by molar-refractivity contribution is 0.601. The fourth-order valence-electron chi connectivity index (χ4n) is 3.16. The van der Waals surface area contributed by atoms with Gasteiger partial charge in [-0.15, -0.1) is 0 Å². The lowest BCUT2D eigenvalue weighted by Gasteiger charge is -2.09. The zero-order valence-corrected chi connectivity index (χ0v) is 17.9. The Morgan fingerprint density at radius 3 is 2.27 bits per heavy atom. The lowest BCUT2D eigenvalue weighted by Crippen LogP contribution is -2.12. The van der Waals surface area contributed by atoms with Gasteiger partial charge in [0.1, 0.15) is 0 Å². The van der Waals surface area contributed by atoms with E-state index in [2.05, 4.69) is 14.9 Å². The summed E-state index contributed by atoms with van der Waals surface area (Å²) in [6, 6.07) is 15.8. The van der Waals surface area contributed by atoms with Gasteiger partial charge < -0.3 is 0 Å². The van der Waals surface area contributed by atoms with Crippen LogP contribution in [0.3, 0.4) is 0 Å². The van der Waals surface area contributed by atoms with Gasteiger partial charge in [-0.2, -0.15) is 10.2 Å². The van der Waals surface area contributed by atoms with E-state index in [-0.39, 0.29) is 4.90 Å². The predicted molar refractivity (Wildman–Crippen MR) is 117 cm³/mol. The molecule has 0 bridgehead atoms. The van der Waals surface area contributed by atoms with Gasteiger partial charge in [0.05, 0.1) is 22.0 Å². The fourth-order valence-corrected chi connectivity index (χ4v) is 4.22. The number of nitrogens with one attached hydrogen (secondary N) is 1. The molecule has 0 radical (unpaired) electrons. The van der Waals surface area contributed by atoms with Gasteiger partial charge in [0.25, 0.3) is 10.0 Å². The summed E-state index contributed by atoms with van der Waals surface area (Å²) >= 11 is 0. The van der Waals surface area contributed by atoms with Crippen molar-refractivity contribution in [3.05, 3.63) is 78.2 Å². The largest absolute Gasteiger partial charge is 0.280 e. The van der Waals surface area contributed by atoms with Crippen molar-refractivity contribution in [2.24, 2.45) is 0 Å². The molecule has 2 aromatic heterocycles. The number of nitrogens with zero attached hydrogens (tertiary/aromatic N) is 4. The molecule has 0 saturated carbocycles. The number of sulfonamides is 1. The molecule has 0 aliphatic heterocycles. The molecular weight excluding hydrogens is 398 g/mol. The Morgan fingerprint density at radius 1 is 0.933 bits per heavy atom. The molecule has 30 heavy (non-hydrogen) atoms. The number of hydrogen-bond acceptors (Lipinski definition) is 4. The van der Waals surface area contributed by atoms with Gasteiger partial charge in [0.2, 0.25) is 0 Å². The molecule has 4 rings (SSSR count). The van der Waals surface area contributed by atoms with Crippen molar-refractivity contribution in [2.45, 2.75) is 32.2 Å². The molecule has 0 aliphatic carbocycles. The van der Waals surface area contributed by atoms with Gasteiger partial charge in [-0.25, -0.2) is 13.1 Å². The van der Waals surface area contributed by atoms with E-state index in [1.807, 2.05) is 56.0 Å². The first kappa shape index (κ1) is 19.9. The van der Waals surface area contributed by atoms with Crippen LogP contribution in [0.4, 0.5) is 5.69 Å². The monoisotopic (exact) mass is 421 g/mol. The first-order valence-corrected chi connectivity index (χ1v) is 11.1. The van der Waals surface area contributed by atoms with Crippen molar-refractivity contribution >= 4 is 15.7 Å². The molecule has 4 aromatic rings. The molecule has 0 saturated heterocycles. The van der Waals surface area contributed by atoms with Crippen LogP contribution in [0.15, 0.2) is 71.9 Å². The van der Waals surface area contributed by atoms with Crippen LogP contribution in [0.5, 0.6) is 0 Å². The SMILES string of the molecule is CCn1cc(-c2ccn(-c3ccc(NS(=O)(=O)c4ccc(C)cc4)cc3)n2)c(C)n1. The normalized spacial score (nSPS) is 11.6. The summed E-state index contributed by atoms with van der Waals surface area (Å²) in [5.74, 6) is 0. The summed E-state index contributed by atoms with van der Waals surface area (Å²) < 4.78 is 31.4. The van der Waals surface area contributed by atoms with E-state index < -0.39 is 10.0 Å².